The number of benzene rings is 1. The molecule has 0 saturated heterocycles. The van der Waals surface area contributed by atoms with Gasteiger partial charge in [-0.25, -0.2) is 0 Å². The van der Waals surface area contributed by atoms with Crippen molar-refractivity contribution in [2.24, 2.45) is 0 Å². The molecule has 1 aliphatic rings. The smallest absolute Gasteiger partial charge is 0.267 e. The first-order valence-corrected chi connectivity index (χ1v) is 9.79. The molecule has 5 heteroatoms. The zero-order valence-electron chi connectivity index (χ0n) is 15.5. The Bertz CT molecular complexity index is 649. The van der Waals surface area contributed by atoms with Crippen LogP contribution < -0.4 is 4.74 Å². The zero-order chi connectivity index (χ0) is 18.4. The number of carbonyl (C=O) groups is 2. The standard InChI is InChI=1S/C20H27NO3S/c1-5-6-7-8-13-21-19(22)17(18(20(21)23)25-14(2)3)15-9-11-16(24-4)12-10-15/h9-12,14H,5-8,13H2,1-4H3. The number of unbranched alkanes of at least 4 members (excludes halogenated alkanes) is 3. The molecular formula is C20H27NO3S. The van der Waals surface area contributed by atoms with Gasteiger partial charge in [-0.15, -0.1) is 11.8 Å². The predicted octanol–water partition coefficient (Wildman–Crippen LogP) is 4.50. The van der Waals surface area contributed by atoms with Crippen LogP contribution in [0.2, 0.25) is 0 Å². The summed E-state index contributed by atoms with van der Waals surface area (Å²) < 4.78 is 5.18. The highest BCUT2D eigenvalue weighted by molar-refractivity contribution is 8.04. The highest BCUT2D eigenvalue weighted by Crippen LogP contribution is 2.38. The van der Waals surface area contributed by atoms with Gasteiger partial charge in [0, 0.05) is 11.8 Å². The number of hydrogen-bond donors (Lipinski definition) is 0. The maximum atomic E-state index is 12.9. The molecule has 0 radical (unpaired) electrons. The monoisotopic (exact) mass is 361 g/mol. The molecule has 0 fully saturated rings. The molecule has 0 unspecified atom stereocenters. The average Bonchev–Trinajstić information content (AvgIpc) is 2.82. The first-order valence-electron chi connectivity index (χ1n) is 8.91. The molecule has 1 aliphatic heterocycles. The molecule has 0 N–H and O–H groups in total. The lowest BCUT2D eigenvalue weighted by Crippen LogP contribution is -2.32. The van der Waals surface area contributed by atoms with Gasteiger partial charge in [0.25, 0.3) is 11.8 Å². The van der Waals surface area contributed by atoms with E-state index in [1.54, 1.807) is 7.11 Å². The minimum Gasteiger partial charge on any atom is -0.497 e. The fourth-order valence-electron chi connectivity index (χ4n) is 2.81. The molecule has 4 nitrogen and oxygen atoms in total. The van der Waals surface area contributed by atoms with Crippen molar-refractivity contribution in [1.29, 1.82) is 0 Å². The Hall–Kier alpha value is -1.75. The van der Waals surface area contributed by atoms with Gasteiger partial charge in [0.15, 0.2) is 0 Å². The Kier molecular flexibility index (Phi) is 7.12. The Balaban J connectivity index is 2.28. The van der Waals surface area contributed by atoms with Gasteiger partial charge in [-0.3, -0.25) is 14.5 Å². The number of methoxy groups -OCH3 is 1. The van der Waals surface area contributed by atoms with Gasteiger partial charge in [-0.05, 0) is 24.1 Å². The van der Waals surface area contributed by atoms with E-state index in [0.29, 0.717) is 17.0 Å². The number of amides is 2. The Morgan fingerprint density at radius 3 is 2.28 bits per heavy atom. The van der Waals surface area contributed by atoms with Crippen LogP contribution in [0.4, 0.5) is 0 Å². The quantitative estimate of drug-likeness (QED) is 0.480. The summed E-state index contributed by atoms with van der Waals surface area (Å²) in [4.78, 5) is 27.7. The van der Waals surface area contributed by atoms with Crippen molar-refractivity contribution < 1.29 is 14.3 Å². The van der Waals surface area contributed by atoms with E-state index in [0.717, 1.165) is 37.0 Å². The molecule has 2 rings (SSSR count). The van der Waals surface area contributed by atoms with Crippen molar-refractivity contribution in [1.82, 2.24) is 4.90 Å². The maximum absolute atomic E-state index is 12.9. The Morgan fingerprint density at radius 1 is 1.04 bits per heavy atom. The molecule has 2 amide bonds. The van der Waals surface area contributed by atoms with Gasteiger partial charge in [-0.2, -0.15) is 0 Å². The molecule has 25 heavy (non-hydrogen) atoms. The molecule has 0 aliphatic carbocycles. The lowest BCUT2D eigenvalue weighted by Gasteiger charge is -2.15. The molecule has 1 aromatic rings. The average molecular weight is 362 g/mol. The summed E-state index contributed by atoms with van der Waals surface area (Å²) in [5.74, 6) is 0.413. The summed E-state index contributed by atoms with van der Waals surface area (Å²) in [6, 6.07) is 7.34. The van der Waals surface area contributed by atoms with E-state index in [1.165, 1.54) is 16.7 Å². The molecule has 0 spiro atoms. The van der Waals surface area contributed by atoms with E-state index in [-0.39, 0.29) is 17.1 Å². The van der Waals surface area contributed by atoms with Gasteiger partial charge >= 0.3 is 0 Å². The van der Waals surface area contributed by atoms with Crippen LogP contribution in [0.5, 0.6) is 5.75 Å². The van der Waals surface area contributed by atoms with Crippen LogP contribution >= 0.6 is 11.8 Å². The minimum atomic E-state index is -0.171. The van der Waals surface area contributed by atoms with Crippen LogP contribution in [0.25, 0.3) is 5.57 Å². The van der Waals surface area contributed by atoms with Gasteiger partial charge in [0.2, 0.25) is 0 Å². The van der Waals surface area contributed by atoms with Crippen molar-refractivity contribution >= 4 is 29.1 Å². The summed E-state index contributed by atoms with van der Waals surface area (Å²) >= 11 is 1.47. The molecule has 1 aromatic carbocycles. The van der Waals surface area contributed by atoms with Crippen LogP contribution in [0, 0.1) is 0 Å². The normalized spacial score (nSPS) is 14.8. The maximum Gasteiger partial charge on any atom is 0.267 e. The van der Waals surface area contributed by atoms with Crippen molar-refractivity contribution in [3.05, 3.63) is 34.7 Å². The first-order chi connectivity index (χ1) is 12.0. The SMILES string of the molecule is CCCCCCN1C(=O)C(SC(C)C)=C(c2ccc(OC)cc2)C1=O. The molecule has 136 valence electrons. The van der Waals surface area contributed by atoms with Gasteiger partial charge in [0.1, 0.15) is 5.75 Å². The Labute approximate surface area is 154 Å². The van der Waals surface area contributed by atoms with Gasteiger partial charge in [-0.1, -0.05) is 52.2 Å². The Morgan fingerprint density at radius 2 is 1.72 bits per heavy atom. The highest BCUT2D eigenvalue weighted by atomic mass is 32.2. The zero-order valence-corrected chi connectivity index (χ0v) is 16.3. The van der Waals surface area contributed by atoms with Crippen LogP contribution in [0.15, 0.2) is 29.2 Å². The van der Waals surface area contributed by atoms with E-state index in [4.69, 9.17) is 4.74 Å². The molecule has 1 heterocycles. The van der Waals surface area contributed by atoms with Gasteiger partial charge < -0.3 is 4.74 Å². The third-order valence-corrected chi connectivity index (χ3v) is 5.18. The van der Waals surface area contributed by atoms with Crippen LogP contribution in [0.1, 0.15) is 52.0 Å². The number of nitrogens with zero attached hydrogens (tertiary/aromatic N) is 1. The van der Waals surface area contributed by atoms with Crippen molar-refractivity contribution in [2.75, 3.05) is 13.7 Å². The first kappa shape index (κ1) is 19.6. The van der Waals surface area contributed by atoms with Crippen LogP contribution in [0.3, 0.4) is 0 Å². The summed E-state index contributed by atoms with van der Waals surface area (Å²) in [7, 11) is 1.61. The van der Waals surface area contributed by atoms with Crippen molar-refractivity contribution in [3.63, 3.8) is 0 Å². The summed E-state index contributed by atoms with van der Waals surface area (Å²) in [5.41, 5.74) is 1.31. The number of rotatable bonds is 9. The third kappa shape index (κ3) is 4.66. The summed E-state index contributed by atoms with van der Waals surface area (Å²) in [6.45, 7) is 6.71. The number of hydrogen-bond acceptors (Lipinski definition) is 4. The molecule has 0 atom stereocenters. The fraction of sp³-hybridized carbons (Fsp3) is 0.500. The fourth-order valence-corrected chi connectivity index (χ4v) is 3.82. The van der Waals surface area contributed by atoms with Gasteiger partial charge in [0.05, 0.1) is 17.6 Å². The molecule has 0 aromatic heterocycles. The second kappa shape index (κ2) is 9.09. The summed E-state index contributed by atoms with van der Waals surface area (Å²) in [5, 5.41) is 0.236. The van der Waals surface area contributed by atoms with E-state index in [1.807, 2.05) is 38.1 Å². The third-order valence-electron chi connectivity index (χ3n) is 4.09. The molecular weight excluding hydrogens is 334 g/mol. The topological polar surface area (TPSA) is 46.6 Å². The second-order valence-electron chi connectivity index (χ2n) is 6.42. The lowest BCUT2D eigenvalue weighted by molar-refractivity contribution is -0.136. The van der Waals surface area contributed by atoms with Crippen molar-refractivity contribution in [2.45, 2.75) is 51.7 Å². The highest BCUT2D eigenvalue weighted by Gasteiger charge is 2.39. The summed E-state index contributed by atoms with van der Waals surface area (Å²) in [6.07, 6.45) is 4.16. The number of thioether (sulfide) groups is 1. The number of carbonyl (C=O) groups excluding carboxylic acids is 2. The van der Waals surface area contributed by atoms with Crippen molar-refractivity contribution in [3.8, 4) is 5.75 Å². The van der Waals surface area contributed by atoms with Crippen LogP contribution in [-0.2, 0) is 9.59 Å². The van der Waals surface area contributed by atoms with E-state index in [2.05, 4.69) is 6.92 Å². The predicted molar refractivity (Wildman–Crippen MR) is 104 cm³/mol. The van der Waals surface area contributed by atoms with Crippen LogP contribution in [-0.4, -0.2) is 35.6 Å². The van der Waals surface area contributed by atoms with E-state index in [9.17, 15) is 9.59 Å². The number of imide groups is 1. The largest absolute Gasteiger partial charge is 0.497 e. The minimum absolute atomic E-state index is 0.147. The van der Waals surface area contributed by atoms with E-state index >= 15 is 0 Å². The second-order valence-corrected chi connectivity index (χ2v) is 8.01. The van der Waals surface area contributed by atoms with E-state index < -0.39 is 0 Å². The molecule has 0 bridgehead atoms. The lowest BCUT2D eigenvalue weighted by atomic mass is 10.1. The molecule has 0 saturated carbocycles. The number of ether oxygens (including phenoxy) is 1.